The predicted octanol–water partition coefficient (Wildman–Crippen LogP) is 2.51. The Bertz CT molecular complexity index is 567. The number of aryl methyl sites for hydroxylation is 1. The van der Waals surface area contributed by atoms with E-state index in [1.54, 1.807) is 35.5 Å². The third kappa shape index (κ3) is 7.12. The Balaban J connectivity index is 0.000000260. The Kier molecular flexibility index (Phi) is 11.3. The first-order chi connectivity index (χ1) is 12.7. The normalized spacial score (nSPS) is 11.2. The van der Waals surface area contributed by atoms with Crippen LogP contribution in [-0.4, -0.2) is 53.6 Å². The maximum atomic E-state index is 5.32. The molecule has 5 nitrogen and oxygen atoms in total. The van der Waals surface area contributed by atoms with Crippen LogP contribution in [0.2, 0.25) is 6.04 Å². The van der Waals surface area contributed by atoms with E-state index in [4.69, 9.17) is 22.1 Å². The van der Waals surface area contributed by atoms with Gasteiger partial charge in [0.05, 0.1) is 0 Å². The topological polar surface area (TPSA) is 46.2 Å². The van der Waals surface area contributed by atoms with Crippen molar-refractivity contribution in [3.63, 3.8) is 0 Å². The van der Waals surface area contributed by atoms with E-state index in [1.165, 1.54) is 5.56 Å². The van der Waals surface area contributed by atoms with Crippen LogP contribution >= 0.6 is 0 Å². The van der Waals surface area contributed by atoms with Gasteiger partial charge < -0.3 is 22.1 Å². The largest absolute Gasteiger partial charge is 0.536 e. The van der Waals surface area contributed by atoms with Crippen LogP contribution in [0.4, 0.5) is 0 Å². The van der Waals surface area contributed by atoms with Gasteiger partial charge in [-0.1, -0.05) is 60.7 Å². The zero-order chi connectivity index (χ0) is 19.3. The molecule has 0 saturated carbocycles. The summed E-state index contributed by atoms with van der Waals surface area (Å²) >= 11 is 0. The van der Waals surface area contributed by atoms with Crippen molar-refractivity contribution >= 4 is 23.3 Å². The monoisotopic (exact) mass is 394 g/mol. The molecule has 0 aliphatic rings. The first kappa shape index (κ1) is 22.7. The molecule has 144 valence electrons. The molecular formula is C19H30O5Si2. The summed E-state index contributed by atoms with van der Waals surface area (Å²) in [6, 6.07) is 21.2. The minimum Gasteiger partial charge on any atom is -0.400 e. The van der Waals surface area contributed by atoms with E-state index in [2.05, 4.69) is 24.3 Å². The lowest BCUT2D eigenvalue weighted by atomic mass is 10.2. The lowest BCUT2D eigenvalue weighted by Gasteiger charge is -2.24. The molecule has 7 heteroatoms. The Morgan fingerprint density at radius 2 is 1.15 bits per heavy atom. The molecule has 2 aromatic rings. The highest BCUT2D eigenvalue weighted by Gasteiger charge is 2.40. The third-order valence-corrected chi connectivity index (χ3v) is 8.44. The van der Waals surface area contributed by atoms with Crippen molar-refractivity contribution < 1.29 is 22.1 Å². The zero-order valence-electron chi connectivity index (χ0n) is 16.3. The zero-order valence-corrected chi connectivity index (χ0v) is 18.5. The van der Waals surface area contributed by atoms with Gasteiger partial charge in [-0.2, -0.15) is 0 Å². The first-order valence-electron chi connectivity index (χ1n) is 8.46. The summed E-state index contributed by atoms with van der Waals surface area (Å²) in [4.78, 5) is 0. The lowest BCUT2D eigenvalue weighted by Crippen LogP contribution is -2.54. The quantitative estimate of drug-likeness (QED) is 0.612. The molecule has 0 aliphatic carbocycles. The molecule has 0 heterocycles. The third-order valence-electron chi connectivity index (χ3n) is 3.97. The van der Waals surface area contributed by atoms with Gasteiger partial charge in [0.25, 0.3) is 0 Å². The average Bonchev–Trinajstić information content (AvgIpc) is 2.73. The SMILES string of the molecule is CO[SiH](CCc1ccccc1)OC.CO[Si](OC)(OC)c1ccccc1. The van der Waals surface area contributed by atoms with Gasteiger partial charge in [-0.05, 0) is 18.0 Å². The number of benzene rings is 2. The molecule has 0 radical (unpaired) electrons. The van der Waals surface area contributed by atoms with Crippen molar-refractivity contribution in [2.75, 3.05) is 35.5 Å². The molecule has 26 heavy (non-hydrogen) atoms. The van der Waals surface area contributed by atoms with E-state index in [0.717, 1.165) is 17.7 Å². The minimum absolute atomic E-state index is 0.975. The van der Waals surface area contributed by atoms with Crippen molar-refractivity contribution in [1.29, 1.82) is 0 Å². The Morgan fingerprint density at radius 1 is 0.692 bits per heavy atom. The van der Waals surface area contributed by atoms with Crippen LogP contribution in [0.5, 0.6) is 0 Å². The Hall–Kier alpha value is -1.33. The predicted molar refractivity (Wildman–Crippen MR) is 109 cm³/mol. The molecule has 0 atom stereocenters. The summed E-state index contributed by atoms with van der Waals surface area (Å²) in [7, 11) is 4.31. The minimum atomic E-state index is -2.59. The second-order valence-electron chi connectivity index (χ2n) is 5.46. The fourth-order valence-electron chi connectivity index (χ4n) is 2.51. The van der Waals surface area contributed by atoms with Crippen molar-refractivity contribution in [3.8, 4) is 0 Å². The van der Waals surface area contributed by atoms with Gasteiger partial charge >= 0.3 is 18.1 Å². The van der Waals surface area contributed by atoms with Crippen LogP contribution in [0.15, 0.2) is 60.7 Å². The molecule has 0 aromatic heterocycles. The van der Waals surface area contributed by atoms with Gasteiger partial charge in [-0.25, -0.2) is 0 Å². The summed E-state index contributed by atoms with van der Waals surface area (Å²) < 4.78 is 26.4. The number of hydrogen-bond acceptors (Lipinski definition) is 5. The van der Waals surface area contributed by atoms with Crippen molar-refractivity contribution in [2.45, 2.75) is 12.5 Å². The van der Waals surface area contributed by atoms with E-state index in [1.807, 2.05) is 36.4 Å². The van der Waals surface area contributed by atoms with Crippen LogP contribution in [0, 0.1) is 0 Å². The van der Waals surface area contributed by atoms with Gasteiger partial charge in [-0.3, -0.25) is 0 Å². The van der Waals surface area contributed by atoms with Gasteiger partial charge in [0.1, 0.15) is 0 Å². The second-order valence-corrected chi connectivity index (χ2v) is 10.8. The van der Waals surface area contributed by atoms with Gasteiger partial charge in [-0.15, -0.1) is 0 Å². The summed E-state index contributed by atoms with van der Waals surface area (Å²) in [5.74, 6) is 0. The van der Waals surface area contributed by atoms with Gasteiger partial charge in [0.15, 0.2) is 0 Å². The highest BCUT2D eigenvalue weighted by Crippen LogP contribution is 2.06. The summed E-state index contributed by atoms with van der Waals surface area (Å²) in [5, 5.41) is 0.975. The lowest BCUT2D eigenvalue weighted by molar-refractivity contribution is 0.140. The smallest absolute Gasteiger partial charge is 0.400 e. The molecular weight excluding hydrogens is 364 g/mol. The fraction of sp³-hybridized carbons (Fsp3) is 0.368. The highest BCUT2D eigenvalue weighted by atomic mass is 28.4. The van der Waals surface area contributed by atoms with Crippen molar-refractivity contribution in [1.82, 2.24) is 0 Å². The summed E-state index contributed by atoms with van der Waals surface area (Å²) in [6.07, 6.45) is 1.05. The van der Waals surface area contributed by atoms with Crippen LogP contribution in [0.3, 0.4) is 0 Å². The molecule has 0 fully saturated rings. The molecule has 0 spiro atoms. The van der Waals surface area contributed by atoms with Crippen LogP contribution in [0.1, 0.15) is 5.56 Å². The van der Waals surface area contributed by atoms with Crippen LogP contribution in [0.25, 0.3) is 0 Å². The molecule has 0 aliphatic heterocycles. The van der Waals surface area contributed by atoms with E-state index in [9.17, 15) is 0 Å². The summed E-state index contributed by atoms with van der Waals surface area (Å²) in [5.41, 5.74) is 1.36. The average molecular weight is 395 g/mol. The highest BCUT2D eigenvalue weighted by molar-refractivity contribution is 6.75. The van der Waals surface area contributed by atoms with E-state index >= 15 is 0 Å². The van der Waals surface area contributed by atoms with Crippen LogP contribution in [-0.2, 0) is 28.6 Å². The Labute approximate surface area is 160 Å². The van der Waals surface area contributed by atoms with Crippen molar-refractivity contribution in [3.05, 3.63) is 66.2 Å². The second kappa shape index (κ2) is 12.9. The molecule has 0 bridgehead atoms. The van der Waals surface area contributed by atoms with Crippen LogP contribution < -0.4 is 5.19 Å². The first-order valence-corrected chi connectivity index (χ1v) is 11.9. The summed E-state index contributed by atoms with van der Waals surface area (Å²) in [6.45, 7) is 0. The molecule has 2 aromatic carbocycles. The number of rotatable bonds is 9. The van der Waals surface area contributed by atoms with E-state index < -0.39 is 18.1 Å². The Morgan fingerprint density at radius 3 is 1.58 bits per heavy atom. The molecule has 0 amide bonds. The number of hydrogen-bond donors (Lipinski definition) is 0. The van der Waals surface area contributed by atoms with Gasteiger partial charge in [0.2, 0.25) is 0 Å². The van der Waals surface area contributed by atoms with E-state index in [0.29, 0.717) is 0 Å². The van der Waals surface area contributed by atoms with Crippen molar-refractivity contribution in [2.24, 2.45) is 0 Å². The molecule has 2 rings (SSSR count). The fourth-order valence-corrected chi connectivity index (χ4v) is 5.55. The van der Waals surface area contributed by atoms with Gasteiger partial charge in [0, 0.05) is 40.7 Å². The molecule has 0 saturated heterocycles. The maximum Gasteiger partial charge on any atom is 0.536 e. The maximum absolute atomic E-state index is 5.32. The standard InChI is InChI=1S/C10H16O2Si.C9H14O3Si/c1-11-13(12-2)9-8-10-6-4-3-5-7-10;1-10-13(11-2,12-3)9-7-5-4-6-8-9/h3-7,13H,8-9H2,1-2H3;4-8H,1-3H3. The molecule has 0 unspecified atom stereocenters. The van der Waals surface area contributed by atoms with E-state index in [-0.39, 0.29) is 0 Å². The molecule has 0 N–H and O–H groups in total.